The lowest BCUT2D eigenvalue weighted by Gasteiger charge is -2.21. The molecule has 5 unspecified atom stereocenters. The number of esters is 3. The second kappa shape index (κ2) is 63.6. The molecule has 0 aliphatic carbocycles. The molecule has 0 fully saturated rings. The number of unbranched alkanes of at least 4 members (excludes halogenated alkanes) is 14. The van der Waals surface area contributed by atoms with Crippen molar-refractivity contribution < 1.29 is 75.8 Å². The number of phosphoric acid groups is 2. The quantitative estimate of drug-likeness (QED) is 0.0146. The number of phosphoric ester groups is 2. The molecule has 89 heavy (non-hydrogen) atoms. The zero-order valence-electron chi connectivity index (χ0n) is 54.5. The summed E-state index contributed by atoms with van der Waals surface area (Å²) in [5.41, 5.74) is 0. The van der Waals surface area contributed by atoms with Gasteiger partial charge in [0.05, 0.1) is 26.4 Å². The van der Waals surface area contributed by atoms with E-state index in [1.165, 1.54) is 38.5 Å². The summed E-state index contributed by atoms with van der Waals surface area (Å²) < 4.78 is 60.7. The van der Waals surface area contributed by atoms with Crippen molar-refractivity contribution in [2.75, 3.05) is 39.6 Å². The molecular weight excluding hydrogens is 1170 g/mol. The first-order valence-corrected chi connectivity index (χ1v) is 36.1. The second-order valence-corrected chi connectivity index (χ2v) is 24.4. The highest BCUT2D eigenvalue weighted by atomic mass is 31.2. The van der Waals surface area contributed by atoms with Crippen molar-refractivity contribution in [3.8, 4) is 0 Å². The first-order chi connectivity index (χ1) is 43.2. The number of hydrogen-bond donors (Lipinski definition) is 4. The van der Waals surface area contributed by atoms with Gasteiger partial charge in [0.1, 0.15) is 25.4 Å². The molecule has 0 aromatic carbocycles. The van der Waals surface area contributed by atoms with E-state index in [-0.39, 0.29) is 19.3 Å². The summed E-state index contributed by atoms with van der Waals surface area (Å²) in [5.74, 6) is -1.71. The Morgan fingerprint density at radius 3 is 1.02 bits per heavy atom. The predicted molar refractivity (Wildman–Crippen MR) is 362 cm³/mol. The van der Waals surface area contributed by atoms with Crippen molar-refractivity contribution in [1.29, 1.82) is 0 Å². The lowest BCUT2D eigenvalue weighted by atomic mass is 10.1. The topological polar surface area (TPSA) is 231 Å². The molecule has 506 valence electrons. The summed E-state index contributed by atoms with van der Waals surface area (Å²) in [5, 5.41) is 20.5. The Balaban J connectivity index is 4.77. The van der Waals surface area contributed by atoms with Crippen molar-refractivity contribution in [2.24, 2.45) is 0 Å². The summed E-state index contributed by atoms with van der Waals surface area (Å²) in [6.45, 7) is 2.27. The molecule has 0 aromatic rings. The van der Waals surface area contributed by atoms with Crippen molar-refractivity contribution >= 4 is 33.6 Å². The molecule has 0 saturated carbocycles. The molecule has 0 aliphatic rings. The fourth-order valence-electron chi connectivity index (χ4n) is 8.01. The van der Waals surface area contributed by atoms with Gasteiger partial charge in [-0.3, -0.25) is 32.5 Å². The van der Waals surface area contributed by atoms with Crippen molar-refractivity contribution in [3.05, 3.63) is 146 Å². The zero-order chi connectivity index (χ0) is 65.3. The molecule has 0 spiro atoms. The average Bonchev–Trinajstić information content (AvgIpc) is 3.63. The maximum Gasteiger partial charge on any atom is 0.472 e. The summed E-state index contributed by atoms with van der Waals surface area (Å²) in [6, 6.07) is 0. The van der Waals surface area contributed by atoms with E-state index in [2.05, 4.69) is 154 Å². The standard InChI is InChI=1S/C71H116O16P2/c1-4-7-10-13-16-19-22-25-28-30-31-32-33-35-38-39-42-45-48-51-54-57-69(74)81-60-66(72)61-83-88(77,78)84-62-67(73)63-85-89(79,80)86-65-68(87-71(76)59-56-53-50-47-44-41-36-27-24-21-18-15-12-9-6-3)64-82-70(75)58-55-52-49-46-43-40-37-34-29-26-23-20-17-14-11-8-5-2/h7-8,10-11,16-17,19-20,25-29,31-32,35-38,40,42,45-46,49,66-68,72-73H,4-6,9,12-15,18,21-24,30,33-34,39,41,43-44,47-48,50-65H2,1-3H3,(H,77,78)(H,79,80)/b10-7-,11-8-,19-16-,20-17-,28-25-,29-26-,32-31-,36-27-,38-35-,40-37-,45-42-,49-46-. The molecule has 0 aliphatic heterocycles. The minimum atomic E-state index is -4.95. The number of aliphatic hydroxyl groups is 2. The van der Waals surface area contributed by atoms with E-state index in [9.17, 15) is 43.5 Å². The van der Waals surface area contributed by atoms with Gasteiger partial charge in [-0.2, -0.15) is 0 Å². The van der Waals surface area contributed by atoms with Gasteiger partial charge in [0.2, 0.25) is 0 Å². The zero-order valence-corrected chi connectivity index (χ0v) is 56.3. The van der Waals surface area contributed by atoms with Gasteiger partial charge in [0, 0.05) is 19.3 Å². The van der Waals surface area contributed by atoms with Crippen LogP contribution in [0.1, 0.15) is 226 Å². The van der Waals surface area contributed by atoms with E-state index in [1.54, 1.807) is 0 Å². The number of ether oxygens (including phenoxy) is 3. The van der Waals surface area contributed by atoms with E-state index < -0.39 is 91.5 Å². The average molecular weight is 1290 g/mol. The number of aliphatic hydroxyl groups excluding tert-OH is 2. The van der Waals surface area contributed by atoms with Gasteiger partial charge in [-0.05, 0) is 135 Å². The smallest absolute Gasteiger partial charge is 0.463 e. The molecule has 5 atom stereocenters. The van der Waals surface area contributed by atoms with Crippen LogP contribution in [0.25, 0.3) is 0 Å². The lowest BCUT2D eigenvalue weighted by molar-refractivity contribution is -0.161. The number of hydrogen-bond acceptors (Lipinski definition) is 14. The summed E-state index contributed by atoms with van der Waals surface area (Å²) in [7, 11) is -9.81. The fourth-order valence-corrected chi connectivity index (χ4v) is 9.60. The molecular formula is C71H116O16P2. The summed E-state index contributed by atoms with van der Waals surface area (Å²) >= 11 is 0. The van der Waals surface area contributed by atoms with Gasteiger partial charge in [0.25, 0.3) is 0 Å². The fraction of sp³-hybridized carbons (Fsp3) is 0.620. The summed E-state index contributed by atoms with van der Waals surface area (Å²) in [4.78, 5) is 58.3. The first kappa shape index (κ1) is 84.4. The number of rotatable bonds is 61. The normalized spacial score (nSPS) is 15.2. The molecule has 0 heterocycles. The van der Waals surface area contributed by atoms with Crippen molar-refractivity contribution in [3.63, 3.8) is 0 Å². The molecule has 0 rings (SSSR count). The van der Waals surface area contributed by atoms with Crippen LogP contribution in [0.5, 0.6) is 0 Å². The van der Waals surface area contributed by atoms with E-state index in [1.807, 2.05) is 12.2 Å². The van der Waals surface area contributed by atoms with E-state index in [4.69, 9.17) is 32.3 Å². The van der Waals surface area contributed by atoms with E-state index >= 15 is 0 Å². The third kappa shape index (κ3) is 64.8. The third-order valence-electron chi connectivity index (χ3n) is 13.0. The van der Waals surface area contributed by atoms with Crippen LogP contribution in [0.4, 0.5) is 0 Å². The van der Waals surface area contributed by atoms with Crippen LogP contribution < -0.4 is 0 Å². The maximum absolute atomic E-state index is 12.9. The highest BCUT2D eigenvalue weighted by molar-refractivity contribution is 7.47. The first-order valence-electron chi connectivity index (χ1n) is 33.1. The summed E-state index contributed by atoms with van der Waals surface area (Å²) in [6.07, 6.45) is 74.9. The SMILES string of the molecule is CC/C=C\C/C=C\C/C=C\C/C=C\C/C=C\C/C=C\CCCCC(=O)OCC(O)COP(=O)(O)OCC(O)COP(=O)(O)OCC(COC(=O)CCC/C=C\C/C=C\C/C=C\C/C=C\C/C=C\CC)OC(=O)CCCCCCC/C=C\CCCCCCCC. The molecule has 0 saturated heterocycles. The van der Waals surface area contributed by atoms with Crippen LogP contribution in [-0.4, -0.2) is 95.9 Å². The minimum Gasteiger partial charge on any atom is -0.463 e. The van der Waals surface area contributed by atoms with Crippen molar-refractivity contribution in [1.82, 2.24) is 0 Å². The van der Waals surface area contributed by atoms with Gasteiger partial charge in [-0.15, -0.1) is 0 Å². The third-order valence-corrected chi connectivity index (χ3v) is 14.9. The number of carbonyl (C=O) groups is 3. The van der Waals surface area contributed by atoms with E-state index in [0.717, 1.165) is 122 Å². The minimum absolute atomic E-state index is 0.0769. The van der Waals surface area contributed by atoms with Crippen LogP contribution in [0.15, 0.2) is 146 Å². The maximum atomic E-state index is 12.9. The number of carbonyl (C=O) groups excluding carboxylic acids is 3. The molecule has 0 bridgehead atoms. The monoisotopic (exact) mass is 1290 g/mol. The van der Waals surface area contributed by atoms with Crippen LogP contribution in [0.2, 0.25) is 0 Å². The molecule has 16 nitrogen and oxygen atoms in total. The molecule has 0 radical (unpaired) electrons. The predicted octanol–water partition coefficient (Wildman–Crippen LogP) is 18.2. The van der Waals surface area contributed by atoms with Crippen LogP contribution in [0, 0.1) is 0 Å². The van der Waals surface area contributed by atoms with Gasteiger partial charge >= 0.3 is 33.6 Å². The van der Waals surface area contributed by atoms with Gasteiger partial charge in [-0.1, -0.05) is 218 Å². The van der Waals surface area contributed by atoms with Crippen LogP contribution in [0.3, 0.4) is 0 Å². The second-order valence-electron chi connectivity index (χ2n) is 21.5. The molecule has 18 heteroatoms. The Labute approximate surface area is 537 Å². The highest BCUT2D eigenvalue weighted by Gasteiger charge is 2.29. The van der Waals surface area contributed by atoms with Gasteiger partial charge in [0.15, 0.2) is 6.10 Å². The molecule has 0 amide bonds. The molecule has 0 aromatic heterocycles. The Morgan fingerprint density at radius 1 is 0.326 bits per heavy atom. The Kier molecular flexibility index (Phi) is 60.3. The van der Waals surface area contributed by atoms with Crippen molar-refractivity contribution in [2.45, 2.75) is 245 Å². The Bertz CT molecular complexity index is 2210. The van der Waals surface area contributed by atoms with Crippen LogP contribution in [-0.2, 0) is 55.8 Å². The largest absolute Gasteiger partial charge is 0.472 e. The molecule has 4 N–H and O–H groups in total. The highest BCUT2D eigenvalue weighted by Crippen LogP contribution is 2.45. The Morgan fingerprint density at radius 2 is 0.607 bits per heavy atom. The number of allylic oxidation sites excluding steroid dienone is 24. The van der Waals surface area contributed by atoms with Gasteiger partial charge < -0.3 is 34.2 Å². The Hall–Kier alpha value is -4.57. The van der Waals surface area contributed by atoms with E-state index in [0.29, 0.717) is 25.7 Å². The van der Waals surface area contributed by atoms with Crippen LogP contribution >= 0.6 is 15.6 Å². The lowest BCUT2D eigenvalue weighted by Crippen LogP contribution is -2.30. The van der Waals surface area contributed by atoms with Gasteiger partial charge in [-0.25, -0.2) is 9.13 Å².